The Kier molecular flexibility index (Phi) is 7.25. The molecule has 0 spiro atoms. The van der Waals surface area contributed by atoms with Gasteiger partial charge in [-0.15, -0.1) is 0 Å². The van der Waals surface area contributed by atoms with Crippen LogP contribution in [0.15, 0.2) is 206 Å². The van der Waals surface area contributed by atoms with E-state index < -0.39 is 0 Å². The summed E-state index contributed by atoms with van der Waals surface area (Å²) in [7, 11) is 0. The molecule has 52 heavy (non-hydrogen) atoms. The first-order chi connectivity index (χ1) is 25.8. The van der Waals surface area contributed by atoms with Gasteiger partial charge < -0.3 is 0 Å². The lowest BCUT2D eigenvalue weighted by Crippen LogP contribution is -1.95. The maximum Gasteiger partial charge on any atom is -0.00139 e. The summed E-state index contributed by atoms with van der Waals surface area (Å²) < 4.78 is 0. The molecule has 0 heterocycles. The molecule has 0 saturated carbocycles. The summed E-state index contributed by atoms with van der Waals surface area (Å²) in [5, 5.41) is 10.0. The molecule has 0 bridgehead atoms. The molecule has 10 aromatic rings. The molecule has 0 saturated heterocycles. The molecule has 10 aromatic carbocycles. The van der Waals surface area contributed by atoms with Crippen LogP contribution in [-0.2, 0) is 0 Å². The molecular weight excluding hydrogens is 625 g/mol. The van der Waals surface area contributed by atoms with E-state index in [0.29, 0.717) is 0 Å². The van der Waals surface area contributed by atoms with Gasteiger partial charge in [-0.05, 0) is 105 Å². The SMILES string of the molecule is c1ccc(-c2cccc(-c3cccc4c(-c5cccc6ccccc56)c5ccccc5c(-c5ccccc5-c5cccc6ccccc56)c34)c2)cc1. The highest BCUT2D eigenvalue weighted by Crippen LogP contribution is 2.50. The van der Waals surface area contributed by atoms with Crippen LogP contribution in [0.25, 0.3) is 98.7 Å². The Morgan fingerprint density at radius 2 is 0.654 bits per heavy atom. The van der Waals surface area contributed by atoms with Crippen LogP contribution in [0.3, 0.4) is 0 Å². The summed E-state index contributed by atoms with van der Waals surface area (Å²) >= 11 is 0. The number of hydrogen-bond acceptors (Lipinski definition) is 0. The van der Waals surface area contributed by atoms with Gasteiger partial charge in [-0.1, -0.05) is 200 Å². The van der Waals surface area contributed by atoms with Crippen LogP contribution >= 0.6 is 0 Å². The maximum atomic E-state index is 2.36. The Bertz CT molecular complexity index is 2940. The van der Waals surface area contributed by atoms with Gasteiger partial charge in [0.1, 0.15) is 0 Å². The van der Waals surface area contributed by atoms with Crippen molar-refractivity contribution in [3.05, 3.63) is 206 Å². The molecule has 0 aliphatic carbocycles. The van der Waals surface area contributed by atoms with Crippen LogP contribution in [-0.4, -0.2) is 0 Å². The van der Waals surface area contributed by atoms with Gasteiger partial charge in [0.2, 0.25) is 0 Å². The average molecular weight is 659 g/mol. The van der Waals surface area contributed by atoms with Gasteiger partial charge in [0, 0.05) is 0 Å². The lowest BCUT2D eigenvalue weighted by atomic mass is 9.80. The van der Waals surface area contributed by atoms with Crippen molar-refractivity contribution in [2.45, 2.75) is 0 Å². The van der Waals surface area contributed by atoms with Crippen LogP contribution in [0.4, 0.5) is 0 Å². The van der Waals surface area contributed by atoms with E-state index in [1.165, 1.54) is 98.7 Å². The van der Waals surface area contributed by atoms with Crippen molar-refractivity contribution < 1.29 is 0 Å². The summed E-state index contributed by atoms with van der Waals surface area (Å²) in [5.41, 5.74) is 12.4. The molecule has 0 aliphatic heterocycles. The van der Waals surface area contributed by atoms with E-state index >= 15 is 0 Å². The predicted octanol–water partition coefficient (Wildman–Crippen LogP) is 14.6. The molecule has 0 atom stereocenters. The summed E-state index contributed by atoms with van der Waals surface area (Å²) in [6.07, 6.45) is 0. The standard InChI is InChI=1S/C52H34/c1-2-16-35(17-3-1)38-22-12-23-39(34-38)42-30-15-33-49-50(45-32-14-21-37-19-5-7-25-41(37)45)47-28-10-11-29-48(47)52(51(42)49)46-27-9-8-26-44(46)43-31-13-20-36-18-4-6-24-40(36)43/h1-34H. The Balaban J connectivity index is 1.38. The van der Waals surface area contributed by atoms with Gasteiger partial charge >= 0.3 is 0 Å². The lowest BCUT2D eigenvalue weighted by Gasteiger charge is -2.23. The fourth-order valence-corrected chi connectivity index (χ4v) is 8.38. The van der Waals surface area contributed by atoms with Crippen molar-refractivity contribution in [2.75, 3.05) is 0 Å². The van der Waals surface area contributed by atoms with Crippen molar-refractivity contribution in [1.82, 2.24) is 0 Å². The molecule has 0 nitrogen and oxygen atoms in total. The zero-order valence-corrected chi connectivity index (χ0v) is 28.6. The molecule has 0 aromatic heterocycles. The molecule has 0 heteroatoms. The first-order valence-electron chi connectivity index (χ1n) is 18.0. The molecule has 0 radical (unpaired) electrons. The first-order valence-corrected chi connectivity index (χ1v) is 18.0. The van der Waals surface area contributed by atoms with Crippen molar-refractivity contribution in [3.8, 4) is 55.6 Å². The van der Waals surface area contributed by atoms with Gasteiger partial charge in [-0.2, -0.15) is 0 Å². The lowest BCUT2D eigenvalue weighted by molar-refractivity contribution is 1.60. The Hall–Kier alpha value is -6.76. The van der Waals surface area contributed by atoms with E-state index in [0.717, 1.165) is 0 Å². The van der Waals surface area contributed by atoms with Gasteiger partial charge in [0.05, 0.1) is 0 Å². The molecule has 10 rings (SSSR count). The third-order valence-corrected chi connectivity index (χ3v) is 10.7. The fourth-order valence-electron chi connectivity index (χ4n) is 8.38. The molecule has 0 unspecified atom stereocenters. The average Bonchev–Trinajstić information content (AvgIpc) is 3.22. The van der Waals surface area contributed by atoms with Crippen LogP contribution in [0.2, 0.25) is 0 Å². The van der Waals surface area contributed by atoms with E-state index in [9.17, 15) is 0 Å². The minimum absolute atomic E-state index is 1.20. The van der Waals surface area contributed by atoms with Gasteiger partial charge in [-0.25, -0.2) is 0 Å². The molecule has 0 aliphatic rings. The monoisotopic (exact) mass is 658 g/mol. The zero-order valence-electron chi connectivity index (χ0n) is 28.6. The molecule has 0 fully saturated rings. The quantitative estimate of drug-likeness (QED) is 0.161. The molecule has 0 amide bonds. The highest BCUT2D eigenvalue weighted by molar-refractivity contribution is 6.27. The fraction of sp³-hybridized carbons (Fsp3) is 0. The van der Waals surface area contributed by atoms with E-state index in [4.69, 9.17) is 0 Å². The van der Waals surface area contributed by atoms with Crippen LogP contribution in [0, 0.1) is 0 Å². The summed E-state index contributed by atoms with van der Waals surface area (Å²) in [6, 6.07) is 75.6. The van der Waals surface area contributed by atoms with Gasteiger partial charge in [0.25, 0.3) is 0 Å². The molecule has 0 N–H and O–H groups in total. The topological polar surface area (TPSA) is 0 Å². The second kappa shape index (κ2) is 12.5. The number of benzene rings is 10. The van der Waals surface area contributed by atoms with Crippen molar-refractivity contribution in [1.29, 1.82) is 0 Å². The van der Waals surface area contributed by atoms with Crippen LogP contribution in [0.1, 0.15) is 0 Å². The summed E-state index contributed by atoms with van der Waals surface area (Å²) in [5.74, 6) is 0. The maximum absolute atomic E-state index is 2.36. The van der Waals surface area contributed by atoms with Crippen molar-refractivity contribution >= 4 is 43.1 Å². The highest BCUT2D eigenvalue weighted by atomic mass is 14.3. The first kappa shape index (κ1) is 30.1. The third-order valence-electron chi connectivity index (χ3n) is 10.7. The molecule has 242 valence electrons. The van der Waals surface area contributed by atoms with E-state index in [1.54, 1.807) is 0 Å². The summed E-state index contributed by atoms with van der Waals surface area (Å²) in [4.78, 5) is 0. The number of rotatable bonds is 5. The number of fused-ring (bicyclic) bond motifs is 4. The van der Waals surface area contributed by atoms with E-state index in [2.05, 4.69) is 206 Å². The second-order valence-corrected chi connectivity index (χ2v) is 13.6. The van der Waals surface area contributed by atoms with E-state index in [-0.39, 0.29) is 0 Å². The summed E-state index contributed by atoms with van der Waals surface area (Å²) in [6.45, 7) is 0. The van der Waals surface area contributed by atoms with Crippen LogP contribution < -0.4 is 0 Å². The minimum Gasteiger partial charge on any atom is -0.0622 e. The second-order valence-electron chi connectivity index (χ2n) is 13.6. The van der Waals surface area contributed by atoms with Crippen molar-refractivity contribution in [2.24, 2.45) is 0 Å². The number of hydrogen-bond donors (Lipinski definition) is 0. The van der Waals surface area contributed by atoms with Crippen molar-refractivity contribution in [3.63, 3.8) is 0 Å². The normalized spacial score (nSPS) is 11.5. The zero-order chi connectivity index (χ0) is 34.4. The smallest absolute Gasteiger partial charge is 0.00139 e. The van der Waals surface area contributed by atoms with Crippen LogP contribution in [0.5, 0.6) is 0 Å². The highest BCUT2D eigenvalue weighted by Gasteiger charge is 2.22. The Morgan fingerprint density at radius 1 is 0.212 bits per heavy atom. The largest absolute Gasteiger partial charge is 0.0622 e. The molecular formula is C52H34. The minimum atomic E-state index is 1.20. The van der Waals surface area contributed by atoms with Gasteiger partial charge in [0.15, 0.2) is 0 Å². The Labute approximate surface area is 303 Å². The van der Waals surface area contributed by atoms with Gasteiger partial charge in [-0.3, -0.25) is 0 Å². The predicted molar refractivity (Wildman–Crippen MR) is 224 cm³/mol. The third kappa shape index (κ3) is 4.92. The Morgan fingerprint density at radius 3 is 1.40 bits per heavy atom. The van der Waals surface area contributed by atoms with E-state index in [1.807, 2.05) is 0 Å².